The number of benzene rings is 2. The molecule has 0 atom stereocenters. The second-order valence-electron chi connectivity index (χ2n) is 6.97. The lowest BCUT2D eigenvalue weighted by atomic mass is 10.0. The second kappa shape index (κ2) is 7.99. The Hall–Kier alpha value is -3.21. The van der Waals surface area contributed by atoms with Crippen molar-refractivity contribution in [2.75, 3.05) is 10.6 Å². The van der Waals surface area contributed by atoms with Gasteiger partial charge < -0.3 is 10.6 Å². The maximum absolute atomic E-state index is 12.4. The van der Waals surface area contributed by atoms with Gasteiger partial charge in [0.25, 0.3) is 5.91 Å². The summed E-state index contributed by atoms with van der Waals surface area (Å²) >= 11 is 0. The van der Waals surface area contributed by atoms with Crippen LogP contribution in [0.15, 0.2) is 54.9 Å². The quantitative estimate of drug-likeness (QED) is 0.655. The molecule has 2 aromatic carbocycles. The van der Waals surface area contributed by atoms with Crippen LogP contribution >= 0.6 is 0 Å². The number of nitrogens with one attached hydrogen (secondary N) is 2. The van der Waals surface area contributed by atoms with E-state index in [1.54, 1.807) is 0 Å². The van der Waals surface area contributed by atoms with Crippen LogP contribution in [0.2, 0.25) is 0 Å². The summed E-state index contributed by atoms with van der Waals surface area (Å²) in [6, 6.07) is 14.1. The molecule has 0 bridgehead atoms. The summed E-state index contributed by atoms with van der Waals surface area (Å²) in [5.74, 6) is 0.720. The van der Waals surface area contributed by atoms with Gasteiger partial charge in [-0.2, -0.15) is 0 Å². The van der Waals surface area contributed by atoms with Gasteiger partial charge >= 0.3 is 0 Å². The van der Waals surface area contributed by atoms with Crippen molar-refractivity contribution in [1.82, 2.24) is 9.97 Å². The lowest BCUT2D eigenvalue weighted by molar-refractivity contribution is 0.102. The van der Waals surface area contributed by atoms with Crippen LogP contribution in [-0.4, -0.2) is 15.9 Å². The first-order valence-electron chi connectivity index (χ1n) is 9.00. The summed E-state index contributed by atoms with van der Waals surface area (Å²) in [5.41, 5.74) is 5.50. The topological polar surface area (TPSA) is 66.9 Å². The largest absolute Gasteiger partial charge is 0.324 e. The Kier molecular flexibility index (Phi) is 5.50. The Morgan fingerprint density at radius 3 is 2.26 bits per heavy atom. The number of aryl methyl sites for hydroxylation is 2. The number of carbonyl (C=O) groups is 1. The van der Waals surface area contributed by atoms with Crippen molar-refractivity contribution in [2.24, 2.45) is 0 Å². The molecule has 0 unspecified atom stereocenters. The molecule has 0 aliphatic heterocycles. The van der Waals surface area contributed by atoms with E-state index in [2.05, 4.69) is 46.6 Å². The van der Waals surface area contributed by atoms with Crippen LogP contribution in [0.4, 0.5) is 17.3 Å². The summed E-state index contributed by atoms with van der Waals surface area (Å²) in [7, 11) is 0. The van der Waals surface area contributed by atoms with Crippen LogP contribution < -0.4 is 10.6 Å². The van der Waals surface area contributed by atoms with Gasteiger partial charge in [-0.25, -0.2) is 9.97 Å². The molecular weight excluding hydrogens is 336 g/mol. The van der Waals surface area contributed by atoms with Crippen LogP contribution in [0.25, 0.3) is 0 Å². The van der Waals surface area contributed by atoms with Gasteiger partial charge in [-0.15, -0.1) is 0 Å². The molecule has 0 fully saturated rings. The van der Waals surface area contributed by atoms with Crippen LogP contribution in [0.1, 0.15) is 46.8 Å². The molecule has 0 spiro atoms. The highest BCUT2D eigenvalue weighted by Gasteiger charge is 2.10. The van der Waals surface area contributed by atoms with E-state index in [9.17, 15) is 4.79 Å². The summed E-state index contributed by atoms with van der Waals surface area (Å²) in [4.78, 5) is 20.9. The van der Waals surface area contributed by atoms with Crippen molar-refractivity contribution < 1.29 is 4.79 Å². The van der Waals surface area contributed by atoms with Gasteiger partial charge in [0.1, 0.15) is 0 Å². The number of nitrogens with zero attached hydrogens (tertiary/aromatic N) is 2. The first kappa shape index (κ1) is 18.6. The van der Waals surface area contributed by atoms with Gasteiger partial charge in [-0.1, -0.05) is 38.1 Å². The zero-order valence-corrected chi connectivity index (χ0v) is 16.1. The minimum Gasteiger partial charge on any atom is -0.324 e. The van der Waals surface area contributed by atoms with Crippen molar-refractivity contribution >= 4 is 23.2 Å². The van der Waals surface area contributed by atoms with E-state index in [4.69, 9.17) is 0 Å². The molecule has 0 saturated heterocycles. The summed E-state index contributed by atoms with van der Waals surface area (Å²) < 4.78 is 0. The third-order valence-electron chi connectivity index (χ3n) is 4.39. The number of hydrogen-bond donors (Lipinski definition) is 2. The van der Waals surface area contributed by atoms with Gasteiger partial charge in [0.2, 0.25) is 5.95 Å². The van der Waals surface area contributed by atoms with E-state index in [-0.39, 0.29) is 5.91 Å². The van der Waals surface area contributed by atoms with Gasteiger partial charge in [0, 0.05) is 23.8 Å². The number of rotatable bonds is 5. The first-order chi connectivity index (χ1) is 12.9. The normalized spacial score (nSPS) is 10.7. The zero-order chi connectivity index (χ0) is 19.4. The third kappa shape index (κ3) is 4.70. The van der Waals surface area contributed by atoms with Crippen LogP contribution in [0.3, 0.4) is 0 Å². The third-order valence-corrected chi connectivity index (χ3v) is 4.39. The molecule has 5 heteroatoms. The highest BCUT2D eigenvalue weighted by Crippen LogP contribution is 2.20. The predicted octanol–water partition coefficient (Wildman–Crippen LogP) is 5.21. The minimum absolute atomic E-state index is 0.225. The van der Waals surface area contributed by atoms with Crippen LogP contribution in [0, 0.1) is 13.8 Å². The maximum Gasteiger partial charge on any atom is 0.258 e. The van der Waals surface area contributed by atoms with Crippen molar-refractivity contribution in [3.63, 3.8) is 0 Å². The van der Waals surface area contributed by atoms with Crippen LogP contribution in [0.5, 0.6) is 0 Å². The van der Waals surface area contributed by atoms with Crippen molar-refractivity contribution in [2.45, 2.75) is 33.6 Å². The van der Waals surface area contributed by atoms with E-state index in [1.165, 1.54) is 18.0 Å². The Labute approximate surface area is 159 Å². The standard InChI is InChI=1S/C22H24N4O/c1-14(2)17-7-9-19(10-8-17)25-22-23-12-18(13-24-22)21(27)26-20-11-15(3)5-6-16(20)4/h5-14H,1-4H3,(H,26,27)(H,23,24,25). The molecule has 2 N–H and O–H groups in total. The van der Waals surface area contributed by atoms with Crippen molar-refractivity contribution in [3.05, 3.63) is 77.1 Å². The molecule has 3 rings (SSSR count). The fourth-order valence-electron chi connectivity index (χ4n) is 2.66. The Balaban J connectivity index is 1.67. The number of carbonyl (C=O) groups excluding carboxylic acids is 1. The molecule has 0 aliphatic carbocycles. The Morgan fingerprint density at radius 2 is 1.63 bits per heavy atom. The van der Waals surface area contributed by atoms with E-state index < -0.39 is 0 Å². The molecule has 0 aliphatic rings. The predicted molar refractivity (Wildman–Crippen MR) is 110 cm³/mol. The first-order valence-corrected chi connectivity index (χ1v) is 9.00. The molecule has 1 heterocycles. The monoisotopic (exact) mass is 360 g/mol. The molecule has 3 aromatic rings. The molecule has 1 amide bonds. The smallest absolute Gasteiger partial charge is 0.258 e. The molecular formula is C22H24N4O. The Bertz CT molecular complexity index is 932. The second-order valence-corrected chi connectivity index (χ2v) is 6.97. The molecule has 0 radical (unpaired) electrons. The van der Waals surface area contributed by atoms with Gasteiger partial charge in [-0.05, 0) is 54.7 Å². The molecule has 5 nitrogen and oxygen atoms in total. The summed E-state index contributed by atoms with van der Waals surface area (Å²) in [6.07, 6.45) is 3.05. The molecule has 0 saturated carbocycles. The summed E-state index contributed by atoms with van der Waals surface area (Å²) in [6.45, 7) is 8.27. The van der Waals surface area contributed by atoms with Crippen LogP contribution in [-0.2, 0) is 0 Å². The van der Waals surface area contributed by atoms with Crippen molar-refractivity contribution in [3.8, 4) is 0 Å². The number of anilines is 3. The van der Waals surface area contributed by atoms with Gasteiger partial charge in [-0.3, -0.25) is 4.79 Å². The highest BCUT2D eigenvalue weighted by atomic mass is 16.1. The number of amides is 1. The zero-order valence-electron chi connectivity index (χ0n) is 16.1. The van der Waals surface area contributed by atoms with Gasteiger partial charge in [0.05, 0.1) is 5.56 Å². The van der Waals surface area contributed by atoms with E-state index in [1.807, 2.05) is 44.2 Å². The SMILES string of the molecule is Cc1ccc(C)c(NC(=O)c2cnc(Nc3ccc(C(C)C)cc3)nc2)c1. The average molecular weight is 360 g/mol. The number of hydrogen-bond acceptors (Lipinski definition) is 4. The highest BCUT2D eigenvalue weighted by molar-refractivity contribution is 6.04. The minimum atomic E-state index is -0.225. The van der Waals surface area contributed by atoms with Crippen molar-refractivity contribution in [1.29, 1.82) is 0 Å². The van der Waals surface area contributed by atoms with E-state index >= 15 is 0 Å². The lowest BCUT2D eigenvalue weighted by Gasteiger charge is -2.10. The van der Waals surface area contributed by atoms with Gasteiger partial charge in [0.15, 0.2) is 0 Å². The lowest BCUT2D eigenvalue weighted by Crippen LogP contribution is -2.14. The Morgan fingerprint density at radius 1 is 0.963 bits per heavy atom. The average Bonchev–Trinajstić information content (AvgIpc) is 2.65. The maximum atomic E-state index is 12.4. The fourth-order valence-corrected chi connectivity index (χ4v) is 2.66. The number of aromatic nitrogens is 2. The summed E-state index contributed by atoms with van der Waals surface area (Å²) in [5, 5.41) is 6.06. The molecule has 27 heavy (non-hydrogen) atoms. The molecule has 138 valence electrons. The fraction of sp³-hybridized carbons (Fsp3) is 0.227. The van der Waals surface area contributed by atoms with E-state index in [0.717, 1.165) is 22.5 Å². The van der Waals surface area contributed by atoms with E-state index in [0.29, 0.717) is 17.4 Å². The molecule has 1 aromatic heterocycles.